The zero-order valence-corrected chi connectivity index (χ0v) is 24.1. The molecule has 2 aliphatic rings. The number of carbonyl (C=O) groups is 1. The van der Waals surface area contributed by atoms with Crippen LogP contribution in [0.25, 0.3) is 22.3 Å². The molecular formula is C30H32N6O4S. The topological polar surface area (TPSA) is 118 Å². The number of nitrogens with zero attached hydrogens (tertiary/aromatic N) is 5. The van der Waals surface area contributed by atoms with Crippen molar-refractivity contribution in [2.24, 2.45) is 0 Å². The number of benzene rings is 1. The second-order valence-corrected chi connectivity index (χ2v) is 12.6. The Labute approximate surface area is 239 Å². The summed E-state index contributed by atoms with van der Waals surface area (Å²) in [6.45, 7) is 6.31. The second-order valence-electron chi connectivity index (χ2n) is 10.7. The Bertz CT molecular complexity index is 1730. The molecule has 10 nitrogen and oxygen atoms in total. The second kappa shape index (κ2) is 10.7. The Morgan fingerprint density at radius 3 is 2.59 bits per heavy atom. The Kier molecular flexibility index (Phi) is 7.08. The molecule has 1 N–H and O–H groups in total. The van der Waals surface area contributed by atoms with E-state index in [0.29, 0.717) is 29.9 Å². The number of nitrogens with one attached hydrogen (secondary N) is 1. The van der Waals surface area contributed by atoms with E-state index in [-0.39, 0.29) is 24.7 Å². The Morgan fingerprint density at radius 1 is 1.02 bits per heavy atom. The van der Waals surface area contributed by atoms with Gasteiger partial charge < -0.3 is 15.0 Å². The van der Waals surface area contributed by atoms with Crippen molar-refractivity contribution in [1.29, 1.82) is 0 Å². The number of hydrogen-bond acceptors (Lipinski definition) is 8. The number of fused-ring (bicyclic) bond motifs is 2. The monoisotopic (exact) mass is 572 g/mol. The fraction of sp³-hybridized carbons (Fsp3) is 0.333. The minimum absolute atomic E-state index is 0.138. The number of morpholine rings is 1. The molecule has 1 aromatic carbocycles. The van der Waals surface area contributed by atoms with E-state index in [2.05, 4.69) is 29.0 Å². The van der Waals surface area contributed by atoms with Crippen molar-refractivity contribution >= 4 is 38.3 Å². The third-order valence-corrected chi connectivity index (χ3v) is 8.58. The number of hydrogen-bond donors (Lipinski definition) is 1. The van der Waals surface area contributed by atoms with E-state index in [9.17, 15) is 13.2 Å². The van der Waals surface area contributed by atoms with Gasteiger partial charge in [0.05, 0.1) is 53.3 Å². The molecule has 0 bridgehead atoms. The van der Waals surface area contributed by atoms with E-state index >= 15 is 0 Å². The highest BCUT2D eigenvalue weighted by Crippen LogP contribution is 2.31. The normalized spacial score (nSPS) is 18.9. The van der Waals surface area contributed by atoms with Crippen LogP contribution in [0, 0.1) is 0 Å². The molecule has 0 saturated carbocycles. The maximum Gasteiger partial charge on any atom is 0.251 e. The Balaban J connectivity index is 1.19. The predicted octanol–water partition coefficient (Wildman–Crippen LogP) is 3.56. The molecule has 0 aliphatic carbocycles. The molecule has 6 rings (SSSR count). The smallest absolute Gasteiger partial charge is 0.251 e. The van der Waals surface area contributed by atoms with Crippen LogP contribution in [0.15, 0.2) is 60.8 Å². The van der Waals surface area contributed by atoms with Crippen LogP contribution in [-0.2, 0) is 27.7 Å². The van der Waals surface area contributed by atoms with Gasteiger partial charge in [-0.3, -0.25) is 14.1 Å². The lowest BCUT2D eigenvalue weighted by Crippen LogP contribution is -2.45. The molecule has 1 fully saturated rings. The Morgan fingerprint density at radius 2 is 1.80 bits per heavy atom. The van der Waals surface area contributed by atoms with Crippen LogP contribution < -0.4 is 14.5 Å². The van der Waals surface area contributed by atoms with Gasteiger partial charge in [-0.15, -0.1) is 0 Å². The van der Waals surface area contributed by atoms with E-state index in [1.165, 1.54) is 10.6 Å². The van der Waals surface area contributed by atoms with Crippen LogP contribution in [0.4, 0.5) is 11.5 Å². The SMILES string of the molecule is C[C@@H]1CN(c2cccc(-c3ccc4cnc(CNC(=O)c5ccc6c(c5)N(S(C)(=O)=O)CC6)cc4n3)n2)C[C@H](C)O1. The van der Waals surface area contributed by atoms with Gasteiger partial charge in [0.15, 0.2) is 0 Å². The van der Waals surface area contributed by atoms with Crippen LogP contribution in [0.1, 0.15) is 35.5 Å². The summed E-state index contributed by atoms with van der Waals surface area (Å²) in [5.41, 5.74) is 4.83. The minimum atomic E-state index is -3.40. The summed E-state index contributed by atoms with van der Waals surface area (Å²) < 4.78 is 31.5. The summed E-state index contributed by atoms with van der Waals surface area (Å²) in [6.07, 6.45) is 3.83. The Hall–Kier alpha value is -4.09. The van der Waals surface area contributed by atoms with Crippen LogP contribution in [0.5, 0.6) is 0 Å². The van der Waals surface area contributed by atoms with Crippen LogP contribution in [0.2, 0.25) is 0 Å². The fourth-order valence-corrected chi connectivity index (χ4v) is 6.46. The first kappa shape index (κ1) is 27.1. The number of ether oxygens (including phenoxy) is 1. The van der Waals surface area contributed by atoms with Crippen molar-refractivity contribution in [2.45, 2.75) is 39.0 Å². The van der Waals surface area contributed by atoms with Crippen molar-refractivity contribution in [2.75, 3.05) is 35.1 Å². The van der Waals surface area contributed by atoms with Crippen molar-refractivity contribution in [3.8, 4) is 11.4 Å². The molecule has 5 heterocycles. The highest BCUT2D eigenvalue weighted by Gasteiger charge is 2.27. The standard InChI is InChI=1S/C30H32N6O4S/c1-19-17-35(18-20(2)40-19)29-6-4-5-25(34-29)26-10-9-23-15-31-24(14-27(23)33-26)16-32-30(37)22-8-7-21-11-12-36(28(21)13-22)41(3,38)39/h4-10,13-15,19-20H,11-12,16-18H2,1-3H3,(H,32,37)/t19-,20+. The zero-order valence-electron chi connectivity index (χ0n) is 23.2. The van der Waals surface area contributed by atoms with Crippen LogP contribution in [0.3, 0.4) is 0 Å². The van der Waals surface area contributed by atoms with Gasteiger partial charge in [-0.2, -0.15) is 0 Å². The molecule has 2 atom stereocenters. The van der Waals surface area contributed by atoms with Gasteiger partial charge in [-0.1, -0.05) is 12.1 Å². The first-order chi connectivity index (χ1) is 19.6. The van der Waals surface area contributed by atoms with Gasteiger partial charge >= 0.3 is 0 Å². The van der Waals surface area contributed by atoms with Crippen molar-refractivity contribution in [1.82, 2.24) is 20.3 Å². The lowest BCUT2D eigenvalue weighted by molar-refractivity contribution is -0.00545. The third-order valence-electron chi connectivity index (χ3n) is 7.40. The highest BCUT2D eigenvalue weighted by atomic mass is 32.2. The molecule has 3 aromatic heterocycles. The molecule has 0 spiro atoms. The summed E-state index contributed by atoms with van der Waals surface area (Å²) in [5, 5.41) is 3.78. The van der Waals surface area contributed by atoms with E-state index in [1.807, 2.05) is 42.5 Å². The quantitative estimate of drug-likeness (QED) is 0.373. The number of rotatable bonds is 6. The van der Waals surface area contributed by atoms with E-state index < -0.39 is 10.0 Å². The average molecular weight is 573 g/mol. The van der Waals surface area contributed by atoms with Gasteiger partial charge in [0, 0.05) is 36.8 Å². The molecule has 41 heavy (non-hydrogen) atoms. The van der Waals surface area contributed by atoms with Crippen molar-refractivity contribution < 1.29 is 17.9 Å². The highest BCUT2D eigenvalue weighted by molar-refractivity contribution is 7.92. The molecule has 11 heteroatoms. The zero-order chi connectivity index (χ0) is 28.7. The number of pyridine rings is 3. The van der Waals surface area contributed by atoms with E-state index in [4.69, 9.17) is 14.7 Å². The molecule has 1 saturated heterocycles. The summed E-state index contributed by atoms with van der Waals surface area (Å²) in [4.78, 5) is 29.4. The van der Waals surface area contributed by atoms with Gasteiger partial charge in [0.25, 0.3) is 5.91 Å². The molecule has 1 amide bonds. The molecule has 0 radical (unpaired) electrons. The fourth-order valence-electron chi connectivity index (χ4n) is 5.51. The predicted molar refractivity (Wildman–Crippen MR) is 158 cm³/mol. The van der Waals surface area contributed by atoms with Gasteiger partial charge in [-0.05, 0) is 68.3 Å². The maximum atomic E-state index is 12.9. The molecule has 4 aromatic rings. The number of sulfonamides is 1. The number of amides is 1. The largest absolute Gasteiger partial charge is 0.372 e. The van der Waals surface area contributed by atoms with E-state index in [0.717, 1.165) is 46.8 Å². The lowest BCUT2D eigenvalue weighted by Gasteiger charge is -2.36. The van der Waals surface area contributed by atoms with Gasteiger partial charge in [0.2, 0.25) is 10.0 Å². The molecule has 2 aliphatic heterocycles. The summed E-state index contributed by atoms with van der Waals surface area (Å²) >= 11 is 0. The van der Waals surface area contributed by atoms with Gasteiger partial charge in [0.1, 0.15) is 5.82 Å². The number of aromatic nitrogens is 3. The van der Waals surface area contributed by atoms with Crippen LogP contribution >= 0.6 is 0 Å². The van der Waals surface area contributed by atoms with Crippen molar-refractivity contribution in [3.05, 3.63) is 77.6 Å². The first-order valence-electron chi connectivity index (χ1n) is 13.7. The van der Waals surface area contributed by atoms with Crippen LogP contribution in [-0.4, -0.2) is 67.4 Å². The minimum Gasteiger partial charge on any atom is -0.372 e. The maximum absolute atomic E-state index is 12.9. The average Bonchev–Trinajstić information content (AvgIpc) is 3.39. The molecule has 0 unspecified atom stereocenters. The summed E-state index contributed by atoms with van der Waals surface area (Å²) in [6, 6.07) is 16.9. The summed E-state index contributed by atoms with van der Waals surface area (Å²) in [5.74, 6) is 0.597. The summed E-state index contributed by atoms with van der Waals surface area (Å²) in [7, 11) is -3.40. The van der Waals surface area contributed by atoms with E-state index in [1.54, 1.807) is 18.3 Å². The third kappa shape index (κ3) is 5.73. The lowest BCUT2D eigenvalue weighted by atomic mass is 10.1. The molecule has 212 valence electrons. The van der Waals surface area contributed by atoms with Gasteiger partial charge in [-0.25, -0.2) is 18.4 Å². The van der Waals surface area contributed by atoms with Crippen molar-refractivity contribution in [3.63, 3.8) is 0 Å². The first-order valence-corrected chi connectivity index (χ1v) is 15.5. The molecular weight excluding hydrogens is 540 g/mol. The number of anilines is 2. The number of carbonyl (C=O) groups excluding carboxylic acids is 1.